The van der Waals surface area contributed by atoms with Gasteiger partial charge in [0.25, 0.3) is 12.8 Å². The molecule has 0 saturated heterocycles. The summed E-state index contributed by atoms with van der Waals surface area (Å²) in [7, 11) is 4.23. The van der Waals surface area contributed by atoms with E-state index in [1.165, 1.54) is 167 Å². The van der Waals surface area contributed by atoms with Crippen molar-refractivity contribution in [2.24, 2.45) is 0 Å². The molecule has 1 heterocycles. The van der Waals surface area contributed by atoms with Gasteiger partial charge in [-0.3, -0.25) is 4.74 Å². The fraction of sp³-hybridized carbons (Fsp3) is 0.850. The van der Waals surface area contributed by atoms with E-state index in [0.29, 0.717) is 0 Å². The first-order valence-corrected chi connectivity index (χ1v) is 19.6. The van der Waals surface area contributed by atoms with Gasteiger partial charge in [0.1, 0.15) is 0 Å². The van der Waals surface area contributed by atoms with Gasteiger partial charge < -0.3 is 9.47 Å². The van der Waals surface area contributed by atoms with Gasteiger partial charge in [0.05, 0.1) is 0 Å². The van der Waals surface area contributed by atoms with E-state index in [4.69, 9.17) is 14.2 Å². The monoisotopic (exact) mass is 631 g/mol. The molecule has 262 valence electrons. The van der Waals surface area contributed by atoms with Gasteiger partial charge >= 0.3 is 0 Å². The van der Waals surface area contributed by atoms with Crippen LogP contribution in [0.3, 0.4) is 0 Å². The summed E-state index contributed by atoms with van der Waals surface area (Å²) < 4.78 is 19.1. The van der Waals surface area contributed by atoms with Crippen LogP contribution in [0.1, 0.15) is 181 Å². The zero-order valence-corrected chi connectivity index (χ0v) is 30.4. The number of fused-ring (bicyclic) bond motifs is 1. The second-order valence-electron chi connectivity index (χ2n) is 13.9. The lowest BCUT2D eigenvalue weighted by atomic mass is 10.0. The number of rotatable bonds is 30. The van der Waals surface area contributed by atoms with Crippen molar-refractivity contribution < 1.29 is 14.2 Å². The second kappa shape index (κ2) is 27.8. The molecule has 1 aliphatic heterocycles. The topological polar surface area (TPSA) is 34.2 Å². The summed E-state index contributed by atoms with van der Waals surface area (Å²) in [5.41, 5.74) is 0. The van der Waals surface area contributed by atoms with Crippen LogP contribution in [0.5, 0.6) is 11.5 Å². The third-order valence-corrected chi connectivity index (χ3v) is 9.49. The normalized spacial score (nSPS) is 16.5. The van der Waals surface area contributed by atoms with Crippen LogP contribution in [0.4, 0.5) is 0 Å². The van der Waals surface area contributed by atoms with Crippen molar-refractivity contribution in [3.8, 4) is 11.5 Å². The molecule has 1 aromatic carbocycles. The van der Waals surface area contributed by atoms with Crippen molar-refractivity contribution in [3.05, 3.63) is 24.3 Å². The molecule has 1 aliphatic rings. The molecular weight excluding hydrogens is 556 g/mol. The van der Waals surface area contributed by atoms with Gasteiger partial charge in [-0.25, -0.2) is 9.80 Å². The highest BCUT2D eigenvalue weighted by atomic mass is 16.8. The molecule has 0 N–H and O–H groups in total. The second-order valence-corrected chi connectivity index (χ2v) is 13.9. The average Bonchev–Trinajstić information content (AvgIpc) is 3.25. The van der Waals surface area contributed by atoms with E-state index < -0.39 is 12.8 Å². The van der Waals surface area contributed by atoms with Crippen molar-refractivity contribution in [3.63, 3.8) is 0 Å². The summed E-state index contributed by atoms with van der Waals surface area (Å²) in [6.45, 7) is 6.50. The van der Waals surface area contributed by atoms with Crippen molar-refractivity contribution in [2.45, 2.75) is 194 Å². The van der Waals surface area contributed by atoms with Gasteiger partial charge in [-0.05, 0) is 39.1 Å². The highest BCUT2D eigenvalue weighted by Gasteiger charge is 2.31. The maximum atomic E-state index is 6.45. The summed E-state index contributed by atoms with van der Waals surface area (Å²) in [5, 5.41) is 0. The Labute approximate surface area is 280 Å². The van der Waals surface area contributed by atoms with Crippen LogP contribution in [0, 0.1) is 0 Å². The molecule has 45 heavy (non-hydrogen) atoms. The molecule has 0 aliphatic carbocycles. The summed E-state index contributed by atoms with van der Waals surface area (Å²) >= 11 is 0. The van der Waals surface area contributed by atoms with Crippen LogP contribution in [0.2, 0.25) is 0 Å². The standard InChI is InChI=1S/C40H74N2O3/c1-5-7-9-11-13-15-17-19-21-23-25-27-31-35-41(3)39-43-37-33-29-30-34-38(37)44-40(45-39)42(4)36-32-28-26-24-22-20-18-16-14-12-10-8-6-2/h29-30,33-34,39-40H,5-28,31-32,35-36H2,1-4H3. The Morgan fingerprint density at radius 3 is 0.978 bits per heavy atom. The Hall–Kier alpha value is -1.30. The van der Waals surface area contributed by atoms with E-state index in [9.17, 15) is 0 Å². The van der Waals surface area contributed by atoms with E-state index in [0.717, 1.165) is 24.6 Å². The zero-order chi connectivity index (χ0) is 32.2. The Morgan fingerprint density at radius 1 is 0.422 bits per heavy atom. The summed E-state index contributed by atoms with van der Waals surface area (Å²) in [4.78, 5) is 4.41. The summed E-state index contributed by atoms with van der Waals surface area (Å²) in [6, 6.07) is 7.98. The molecular formula is C40H74N2O3. The van der Waals surface area contributed by atoms with E-state index >= 15 is 0 Å². The molecule has 0 bridgehead atoms. The van der Waals surface area contributed by atoms with Crippen LogP contribution < -0.4 is 9.47 Å². The average molecular weight is 631 g/mol. The Balaban J connectivity index is 1.59. The zero-order valence-electron chi connectivity index (χ0n) is 30.4. The highest BCUT2D eigenvalue weighted by molar-refractivity contribution is 5.39. The lowest BCUT2D eigenvalue weighted by molar-refractivity contribution is -0.268. The molecule has 0 spiro atoms. The number of unbranched alkanes of at least 4 members (excludes halogenated alkanes) is 24. The minimum atomic E-state index is -0.454. The first kappa shape index (κ1) is 39.9. The molecule has 5 nitrogen and oxygen atoms in total. The Morgan fingerprint density at radius 2 is 0.689 bits per heavy atom. The first-order valence-electron chi connectivity index (χ1n) is 19.6. The number of benzene rings is 1. The van der Waals surface area contributed by atoms with Gasteiger partial charge in [-0.1, -0.05) is 180 Å². The van der Waals surface area contributed by atoms with Crippen molar-refractivity contribution in [1.82, 2.24) is 9.80 Å². The van der Waals surface area contributed by atoms with Gasteiger partial charge in [0, 0.05) is 13.1 Å². The van der Waals surface area contributed by atoms with Crippen LogP contribution in [-0.2, 0) is 4.74 Å². The Bertz CT molecular complexity index is 728. The van der Waals surface area contributed by atoms with E-state index in [1.54, 1.807) is 0 Å². The predicted octanol–water partition coefficient (Wildman–Crippen LogP) is 12.1. The third kappa shape index (κ3) is 19.8. The molecule has 0 radical (unpaired) electrons. The molecule has 0 saturated carbocycles. The molecule has 2 atom stereocenters. The number of hydrogen-bond acceptors (Lipinski definition) is 5. The smallest absolute Gasteiger partial charge is 0.266 e. The number of ether oxygens (including phenoxy) is 3. The third-order valence-electron chi connectivity index (χ3n) is 9.49. The Kier molecular flexibility index (Phi) is 24.6. The molecule has 0 amide bonds. The minimum absolute atomic E-state index is 0.454. The molecule has 1 aromatic rings. The minimum Gasteiger partial charge on any atom is -0.447 e. The lowest BCUT2D eigenvalue weighted by Gasteiger charge is -2.31. The van der Waals surface area contributed by atoms with Crippen LogP contribution in [0.25, 0.3) is 0 Å². The van der Waals surface area contributed by atoms with Gasteiger partial charge in [-0.2, -0.15) is 0 Å². The van der Waals surface area contributed by atoms with Gasteiger partial charge in [-0.15, -0.1) is 0 Å². The van der Waals surface area contributed by atoms with Crippen molar-refractivity contribution >= 4 is 0 Å². The maximum Gasteiger partial charge on any atom is 0.266 e. The van der Waals surface area contributed by atoms with Gasteiger partial charge in [0.2, 0.25) is 0 Å². The first-order chi connectivity index (χ1) is 22.2. The summed E-state index contributed by atoms with van der Waals surface area (Å²) in [5.74, 6) is 1.52. The van der Waals surface area contributed by atoms with Crippen molar-refractivity contribution in [1.29, 1.82) is 0 Å². The van der Waals surface area contributed by atoms with Crippen LogP contribution >= 0.6 is 0 Å². The van der Waals surface area contributed by atoms with Crippen molar-refractivity contribution in [2.75, 3.05) is 27.2 Å². The summed E-state index contributed by atoms with van der Waals surface area (Å²) in [6.07, 6.45) is 34.7. The molecule has 2 rings (SSSR count). The fourth-order valence-electron chi connectivity index (χ4n) is 6.37. The number of para-hydroxylation sites is 2. The van der Waals surface area contributed by atoms with Gasteiger partial charge in [0.15, 0.2) is 11.5 Å². The SMILES string of the molecule is CCCCCCCCCCCCCCCN(C)C1Oc2ccccc2OC(N(C)CCCCCCCCCCCCCCC)O1. The highest BCUT2D eigenvalue weighted by Crippen LogP contribution is 2.33. The predicted molar refractivity (Wildman–Crippen MR) is 193 cm³/mol. The molecule has 2 unspecified atom stereocenters. The maximum absolute atomic E-state index is 6.45. The molecule has 0 fully saturated rings. The van der Waals surface area contributed by atoms with E-state index in [1.807, 2.05) is 24.3 Å². The van der Waals surface area contributed by atoms with Crippen LogP contribution in [0.15, 0.2) is 24.3 Å². The lowest BCUT2D eigenvalue weighted by Crippen LogP contribution is -2.47. The fourth-order valence-corrected chi connectivity index (χ4v) is 6.37. The quantitative estimate of drug-likeness (QED) is 0.0790. The van der Waals surface area contributed by atoms with E-state index in [2.05, 4.69) is 37.7 Å². The molecule has 0 aromatic heterocycles. The van der Waals surface area contributed by atoms with Crippen LogP contribution in [-0.4, -0.2) is 49.8 Å². The van der Waals surface area contributed by atoms with E-state index in [-0.39, 0.29) is 0 Å². The number of nitrogens with zero attached hydrogens (tertiary/aromatic N) is 2. The largest absolute Gasteiger partial charge is 0.447 e. The number of hydrogen-bond donors (Lipinski definition) is 0. The molecule has 5 heteroatoms.